The summed E-state index contributed by atoms with van der Waals surface area (Å²) in [5, 5.41) is 0. The van der Waals surface area contributed by atoms with Crippen molar-refractivity contribution in [3.05, 3.63) is 47.3 Å². The van der Waals surface area contributed by atoms with Crippen LogP contribution in [0.1, 0.15) is 75.0 Å². The molecule has 3 aliphatic carbocycles. The average Bonchev–Trinajstić information content (AvgIpc) is 2.68. The van der Waals surface area contributed by atoms with E-state index in [0.717, 1.165) is 30.0 Å². The molecule has 4 rings (SSSR count). The Morgan fingerprint density at radius 2 is 1.69 bits per heavy atom. The number of hydrogen-bond donors (Lipinski definition) is 0. The second kappa shape index (κ2) is 8.28. The predicted molar refractivity (Wildman–Crippen MR) is 108 cm³/mol. The highest BCUT2D eigenvalue weighted by Crippen LogP contribution is 2.48. The Kier molecular flexibility index (Phi) is 5.81. The molecule has 1 aromatic rings. The molecule has 0 aliphatic heterocycles. The summed E-state index contributed by atoms with van der Waals surface area (Å²) in [5.41, 5.74) is 4.81. The average molecular weight is 355 g/mol. The van der Waals surface area contributed by atoms with Crippen LogP contribution in [-0.2, 0) is 19.3 Å². The van der Waals surface area contributed by atoms with Crippen LogP contribution >= 0.6 is 0 Å². The van der Waals surface area contributed by atoms with E-state index >= 15 is 0 Å². The molecule has 0 aromatic heterocycles. The summed E-state index contributed by atoms with van der Waals surface area (Å²) in [7, 11) is 0. The van der Waals surface area contributed by atoms with E-state index in [0.29, 0.717) is 5.92 Å². The molecule has 5 unspecified atom stereocenters. The van der Waals surface area contributed by atoms with Crippen LogP contribution < -0.4 is 0 Å². The minimum absolute atomic E-state index is 0.511. The van der Waals surface area contributed by atoms with Gasteiger partial charge < -0.3 is 0 Å². The molecule has 0 bridgehead atoms. The third kappa shape index (κ3) is 3.92. The third-order valence-electron chi connectivity index (χ3n) is 7.78. The summed E-state index contributed by atoms with van der Waals surface area (Å²) in [5.74, 6) is 4.15. The molecule has 0 N–H and O–H groups in total. The van der Waals surface area contributed by atoms with Crippen LogP contribution in [0.25, 0.3) is 0 Å². The van der Waals surface area contributed by atoms with Crippen LogP contribution in [0.15, 0.2) is 30.6 Å². The van der Waals surface area contributed by atoms with Crippen LogP contribution in [-0.4, -0.2) is 0 Å². The van der Waals surface area contributed by atoms with Gasteiger partial charge in [-0.25, -0.2) is 4.39 Å². The lowest BCUT2D eigenvalue weighted by molar-refractivity contribution is 0.0809. The second-order valence-electron chi connectivity index (χ2n) is 9.34. The van der Waals surface area contributed by atoms with Gasteiger partial charge in [0.25, 0.3) is 0 Å². The van der Waals surface area contributed by atoms with Crippen molar-refractivity contribution in [3.63, 3.8) is 0 Å². The lowest BCUT2D eigenvalue weighted by Gasteiger charge is -2.44. The van der Waals surface area contributed by atoms with E-state index in [-0.39, 0.29) is 0 Å². The molecule has 0 amide bonds. The van der Waals surface area contributed by atoms with Crippen molar-refractivity contribution in [1.82, 2.24) is 0 Å². The quantitative estimate of drug-likeness (QED) is 0.543. The number of aryl methyl sites for hydroxylation is 2. The Hall–Kier alpha value is -1.11. The van der Waals surface area contributed by atoms with Gasteiger partial charge in [-0.1, -0.05) is 37.6 Å². The maximum absolute atomic E-state index is 12.5. The molecule has 0 spiro atoms. The molecule has 0 nitrogen and oxygen atoms in total. The number of hydrogen-bond acceptors (Lipinski definition) is 0. The van der Waals surface area contributed by atoms with Gasteiger partial charge in [0.2, 0.25) is 0 Å². The van der Waals surface area contributed by atoms with Crippen LogP contribution in [0.3, 0.4) is 0 Å². The third-order valence-corrected chi connectivity index (χ3v) is 7.78. The van der Waals surface area contributed by atoms with Crippen LogP contribution in [0.4, 0.5) is 4.39 Å². The van der Waals surface area contributed by atoms with Gasteiger partial charge >= 0.3 is 0 Å². The Bertz CT molecular complexity index is 631. The lowest BCUT2D eigenvalue weighted by Crippen LogP contribution is -2.34. The van der Waals surface area contributed by atoms with Crippen LogP contribution in [0, 0.1) is 29.6 Å². The maximum Gasteiger partial charge on any atom is 0.0829 e. The first-order valence-corrected chi connectivity index (χ1v) is 11.1. The van der Waals surface area contributed by atoms with E-state index in [1.165, 1.54) is 76.2 Å². The molecule has 0 radical (unpaired) electrons. The van der Waals surface area contributed by atoms with Gasteiger partial charge in [0.15, 0.2) is 0 Å². The molecule has 2 fully saturated rings. The van der Waals surface area contributed by atoms with Crippen molar-refractivity contribution in [3.8, 4) is 0 Å². The first kappa shape index (κ1) is 18.3. The molecule has 5 atom stereocenters. The summed E-state index contributed by atoms with van der Waals surface area (Å²) in [6.45, 7) is 2.27. The van der Waals surface area contributed by atoms with Gasteiger partial charge in [0.05, 0.1) is 6.33 Å². The van der Waals surface area contributed by atoms with E-state index in [2.05, 4.69) is 25.1 Å². The van der Waals surface area contributed by atoms with Crippen molar-refractivity contribution >= 4 is 0 Å². The zero-order valence-corrected chi connectivity index (χ0v) is 16.4. The molecule has 1 aromatic carbocycles. The van der Waals surface area contributed by atoms with E-state index < -0.39 is 0 Å². The number of halogens is 1. The highest BCUT2D eigenvalue weighted by atomic mass is 19.1. The van der Waals surface area contributed by atoms with E-state index in [4.69, 9.17) is 0 Å². The standard InChI is InChI=1S/C25H35F/c1-2-3-18-4-6-22-16-24(10-8-20(22)14-18)25-11-9-21-15-19(12-13-26)5-7-23(21)17-25/h4,6,12-14,19,21,23-25H,2-3,5,7-11,15-17H2,1H3/b13-12+. The summed E-state index contributed by atoms with van der Waals surface area (Å²) >= 11 is 0. The number of benzene rings is 1. The molecule has 142 valence electrons. The fraction of sp³-hybridized carbons (Fsp3) is 0.680. The Labute approximate surface area is 159 Å². The first-order valence-electron chi connectivity index (χ1n) is 11.1. The van der Waals surface area contributed by atoms with Gasteiger partial charge in [-0.15, -0.1) is 0 Å². The summed E-state index contributed by atoms with van der Waals surface area (Å²) < 4.78 is 12.5. The molecular formula is C25H35F. The highest BCUT2D eigenvalue weighted by molar-refractivity contribution is 5.34. The number of allylic oxidation sites excluding steroid dienone is 1. The SMILES string of the molecule is CCCc1ccc2c(c1)CCC(C1CCC3CC(/C=C/F)CCC3C1)C2. The Morgan fingerprint density at radius 1 is 0.923 bits per heavy atom. The highest BCUT2D eigenvalue weighted by Gasteiger charge is 2.38. The predicted octanol–water partition coefficient (Wildman–Crippen LogP) is 7.06. The van der Waals surface area contributed by atoms with Crippen molar-refractivity contribution in [2.75, 3.05) is 0 Å². The topological polar surface area (TPSA) is 0 Å². The van der Waals surface area contributed by atoms with Crippen molar-refractivity contribution in [2.45, 2.75) is 77.6 Å². The lowest BCUT2D eigenvalue weighted by atomic mass is 9.61. The number of fused-ring (bicyclic) bond motifs is 2. The normalized spacial score (nSPS) is 34.5. The Balaban J connectivity index is 1.36. The largest absolute Gasteiger partial charge is 0.216 e. The van der Waals surface area contributed by atoms with E-state index in [1.54, 1.807) is 11.1 Å². The van der Waals surface area contributed by atoms with Gasteiger partial charge in [-0.2, -0.15) is 0 Å². The van der Waals surface area contributed by atoms with Crippen molar-refractivity contribution < 1.29 is 4.39 Å². The monoisotopic (exact) mass is 354 g/mol. The van der Waals surface area contributed by atoms with Gasteiger partial charge in [0.1, 0.15) is 0 Å². The fourth-order valence-electron chi connectivity index (χ4n) is 6.35. The molecular weight excluding hydrogens is 319 g/mol. The van der Waals surface area contributed by atoms with Crippen molar-refractivity contribution in [2.24, 2.45) is 29.6 Å². The Morgan fingerprint density at radius 3 is 2.50 bits per heavy atom. The summed E-state index contributed by atoms with van der Waals surface area (Å²) in [4.78, 5) is 0. The second-order valence-corrected chi connectivity index (χ2v) is 9.34. The van der Waals surface area contributed by atoms with Crippen molar-refractivity contribution in [1.29, 1.82) is 0 Å². The fourth-order valence-corrected chi connectivity index (χ4v) is 6.35. The van der Waals surface area contributed by atoms with Crippen LogP contribution in [0.5, 0.6) is 0 Å². The minimum Gasteiger partial charge on any atom is -0.216 e. The smallest absolute Gasteiger partial charge is 0.0829 e. The molecule has 26 heavy (non-hydrogen) atoms. The molecule has 2 saturated carbocycles. The zero-order chi connectivity index (χ0) is 17.9. The van der Waals surface area contributed by atoms with Gasteiger partial charge in [-0.05, 0) is 110 Å². The molecule has 0 heterocycles. The first-order chi connectivity index (χ1) is 12.8. The van der Waals surface area contributed by atoms with Gasteiger partial charge in [0, 0.05) is 0 Å². The maximum atomic E-state index is 12.5. The molecule has 1 heteroatoms. The van der Waals surface area contributed by atoms with Gasteiger partial charge in [-0.3, -0.25) is 0 Å². The minimum atomic E-state index is 0.511. The van der Waals surface area contributed by atoms with E-state index in [1.807, 2.05) is 6.08 Å². The summed E-state index contributed by atoms with van der Waals surface area (Å²) in [6, 6.07) is 7.31. The molecule has 0 saturated heterocycles. The number of rotatable bonds is 4. The zero-order valence-electron chi connectivity index (χ0n) is 16.4. The summed E-state index contributed by atoms with van der Waals surface area (Å²) in [6.07, 6.45) is 17.1. The van der Waals surface area contributed by atoms with E-state index in [9.17, 15) is 4.39 Å². The molecule has 3 aliphatic rings. The van der Waals surface area contributed by atoms with Crippen LogP contribution in [0.2, 0.25) is 0 Å².